The third-order valence-electron chi connectivity index (χ3n) is 4.02. The lowest BCUT2D eigenvalue weighted by Gasteiger charge is -2.09. The molecule has 0 atom stereocenters. The quantitative estimate of drug-likeness (QED) is 0.402. The number of hydrogen-bond acceptors (Lipinski definition) is 7. The summed E-state index contributed by atoms with van der Waals surface area (Å²) in [6.45, 7) is 3.97. The van der Waals surface area contributed by atoms with Gasteiger partial charge in [-0.3, -0.25) is 4.79 Å². The van der Waals surface area contributed by atoms with Gasteiger partial charge in [0, 0.05) is 6.21 Å². The Labute approximate surface area is 161 Å². The SMILES string of the molecule is CCOC(=O)c1sc(N=Cc2ccc(OC(=O)C3CC3)c(OC)c2)cc1C. The maximum Gasteiger partial charge on any atom is 0.348 e. The van der Waals surface area contributed by atoms with E-state index >= 15 is 0 Å². The molecule has 27 heavy (non-hydrogen) atoms. The molecule has 1 aromatic carbocycles. The van der Waals surface area contributed by atoms with Crippen LogP contribution in [0.3, 0.4) is 0 Å². The van der Waals surface area contributed by atoms with Crippen molar-refractivity contribution in [1.29, 1.82) is 0 Å². The zero-order chi connectivity index (χ0) is 19.4. The first-order valence-corrected chi connectivity index (χ1v) is 9.54. The summed E-state index contributed by atoms with van der Waals surface area (Å²) in [5, 5.41) is 0.707. The van der Waals surface area contributed by atoms with Crippen molar-refractivity contribution in [3.63, 3.8) is 0 Å². The molecule has 0 unspecified atom stereocenters. The highest BCUT2D eigenvalue weighted by molar-refractivity contribution is 7.17. The van der Waals surface area contributed by atoms with Gasteiger partial charge in [0.2, 0.25) is 0 Å². The number of esters is 2. The van der Waals surface area contributed by atoms with Crippen LogP contribution in [-0.4, -0.2) is 31.9 Å². The van der Waals surface area contributed by atoms with Crippen LogP contribution < -0.4 is 9.47 Å². The van der Waals surface area contributed by atoms with Crippen molar-refractivity contribution in [1.82, 2.24) is 0 Å². The predicted octanol–water partition coefficient (Wildman–Crippen LogP) is 4.31. The number of carbonyl (C=O) groups is 2. The van der Waals surface area contributed by atoms with E-state index < -0.39 is 0 Å². The number of ether oxygens (including phenoxy) is 3. The van der Waals surface area contributed by atoms with E-state index in [4.69, 9.17) is 14.2 Å². The lowest BCUT2D eigenvalue weighted by molar-refractivity contribution is -0.135. The van der Waals surface area contributed by atoms with Crippen molar-refractivity contribution in [2.75, 3.05) is 13.7 Å². The third kappa shape index (κ3) is 4.74. The molecule has 0 bridgehead atoms. The number of rotatable bonds is 7. The molecule has 0 saturated heterocycles. The Morgan fingerprint density at radius 3 is 2.70 bits per heavy atom. The van der Waals surface area contributed by atoms with E-state index in [2.05, 4.69) is 4.99 Å². The number of thiophene rings is 1. The van der Waals surface area contributed by atoms with E-state index in [1.54, 1.807) is 31.3 Å². The van der Waals surface area contributed by atoms with Gasteiger partial charge in [-0.05, 0) is 62.1 Å². The lowest BCUT2D eigenvalue weighted by Crippen LogP contribution is -2.10. The van der Waals surface area contributed by atoms with Gasteiger partial charge in [-0.1, -0.05) is 0 Å². The zero-order valence-electron chi connectivity index (χ0n) is 15.5. The van der Waals surface area contributed by atoms with Gasteiger partial charge >= 0.3 is 11.9 Å². The van der Waals surface area contributed by atoms with Gasteiger partial charge in [0.1, 0.15) is 9.88 Å². The first kappa shape index (κ1) is 19.1. The smallest absolute Gasteiger partial charge is 0.348 e. The minimum atomic E-state index is -0.329. The molecule has 0 N–H and O–H groups in total. The Morgan fingerprint density at radius 1 is 1.26 bits per heavy atom. The molecule has 0 aliphatic heterocycles. The lowest BCUT2D eigenvalue weighted by atomic mass is 10.2. The first-order valence-electron chi connectivity index (χ1n) is 8.73. The van der Waals surface area contributed by atoms with Crippen LogP contribution in [0.2, 0.25) is 0 Å². The number of nitrogens with zero attached hydrogens (tertiary/aromatic N) is 1. The molecule has 2 aromatic rings. The summed E-state index contributed by atoms with van der Waals surface area (Å²) >= 11 is 1.29. The van der Waals surface area contributed by atoms with Crippen LogP contribution in [0.4, 0.5) is 5.00 Å². The van der Waals surface area contributed by atoms with Gasteiger partial charge in [-0.25, -0.2) is 9.79 Å². The number of benzene rings is 1. The van der Waals surface area contributed by atoms with Crippen molar-refractivity contribution in [3.05, 3.63) is 40.3 Å². The fraction of sp³-hybridized carbons (Fsp3) is 0.350. The molecule has 1 aliphatic carbocycles. The van der Waals surface area contributed by atoms with Crippen LogP contribution in [0.15, 0.2) is 29.3 Å². The van der Waals surface area contributed by atoms with E-state index in [9.17, 15) is 9.59 Å². The van der Waals surface area contributed by atoms with Crippen molar-refractivity contribution in [2.45, 2.75) is 26.7 Å². The molecule has 1 aromatic heterocycles. The molecule has 6 nitrogen and oxygen atoms in total. The maximum absolute atomic E-state index is 11.9. The molecule has 1 heterocycles. The topological polar surface area (TPSA) is 74.2 Å². The Bertz CT molecular complexity index is 882. The van der Waals surface area contributed by atoms with E-state index in [-0.39, 0.29) is 17.9 Å². The Morgan fingerprint density at radius 2 is 2.04 bits per heavy atom. The maximum atomic E-state index is 11.9. The monoisotopic (exact) mass is 387 g/mol. The van der Waals surface area contributed by atoms with Crippen LogP contribution >= 0.6 is 11.3 Å². The molecule has 1 saturated carbocycles. The Kier molecular flexibility index (Phi) is 5.91. The summed E-state index contributed by atoms with van der Waals surface area (Å²) in [6.07, 6.45) is 3.45. The summed E-state index contributed by atoms with van der Waals surface area (Å²) < 4.78 is 15.8. The zero-order valence-corrected chi connectivity index (χ0v) is 16.3. The summed E-state index contributed by atoms with van der Waals surface area (Å²) in [5.74, 6) is 0.359. The second-order valence-corrected chi connectivity index (χ2v) is 7.21. The normalized spacial score (nSPS) is 13.6. The van der Waals surface area contributed by atoms with Gasteiger partial charge < -0.3 is 14.2 Å². The standard InChI is InChI=1S/C20H21NO5S/c1-4-25-20(23)18-12(2)9-17(27-18)21-11-13-5-8-15(16(10-13)24-3)26-19(22)14-6-7-14/h5,8-11,14H,4,6-7H2,1-3H3. The molecular formula is C20H21NO5S. The number of carbonyl (C=O) groups excluding carboxylic acids is 2. The van der Waals surface area contributed by atoms with Gasteiger partial charge in [0.15, 0.2) is 11.5 Å². The number of aryl methyl sites for hydroxylation is 1. The van der Waals surface area contributed by atoms with Crippen LogP contribution in [0.25, 0.3) is 0 Å². The molecule has 0 radical (unpaired) electrons. The van der Waals surface area contributed by atoms with Crippen LogP contribution in [0.1, 0.15) is 40.6 Å². The van der Waals surface area contributed by atoms with Crippen LogP contribution in [0.5, 0.6) is 11.5 Å². The van der Waals surface area contributed by atoms with Crippen molar-refractivity contribution < 1.29 is 23.8 Å². The van der Waals surface area contributed by atoms with E-state index in [1.165, 1.54) is 18.4 Å². The fourth-order valence-electron chi connectivity index (χ4n) is 2.43. The summed E-state index contributed by atoms with van der Waals surface area (Å²) in [6, 6.07) is 7.10. The fourth-order valence-corrected chi connectivity index (χ4v) is 3.34. The van der Waals surface area contributed by atoms with Gasteiger partial charge in [-0.2, -0.15) is 0 Å². The largest absolute Gasteiger partial charge is 0.493 e. The molecular weight excluding hydrogens is 366 g/mol. The molecule has 0 spiro atoms. The summed E-state index contributed by atoms with van der Waals surface area (Å²) in [7, 11) is 1.53. The predicted molar refractivity (Wildman–Crippen MR) is 104 cm³/mol. The minimum absolute atomic E-state index is 0.0200. The molecule has 7 heteroatoms. The summed E-state index contributed by atoms with van der Waals surface area (Å²) in [4.78, 5) is 28.7. The Balaban J connectivity index is 1.74. The molecule has 3 rings (SSSR count). The van der Waals surface area contributed by atoms with E-state index in [1.807, 2.05) is 13.0 Å². The van der Waals surface area contributed by atoms with Crippen LogP contribution in [0, 0.1) is 12.8 Å². The van der Waals surface area contributed by atoms with Crippen molar-refractivity contribution >= 4 is 34.5 Å². The number of methoxy groups -OCH3 is 1. The van der Waals surface area contributed by atoms with Crippen molar-refractivity contribution in [3.8, 4) is 11.5 Å². The van der Waals surface area contributed by atoms with Crippen molar-refractivity contribution in [2.24, 2.45) is 10.9 Å². The highest BCUT2D eigenvalue weighted by atomic mass is 32.1. The molecule has 1 aliphatic rings. The first-order chi connectivity index (χ1) is 13.0. The third-order valence-corrected chi connectivity index (χ3v) is 5.14. The van der Waals surface area contributed by atoms with Gasteiger partial charge in [0.05, 0.1) is 19.6 Å². The number of aliphatic imine (C=N–C) groups is 1. The highest BCUT2D eigenvalue weighted by Gasteiger charge is 2.32. The second-order valence-electron chi connectivity index (χ2n) is 6.18. The van der Waals surface area contributed by atoms with Gasteiger partial charge in [0.25, 0.3) is 0 Å². The molecule has 142 valence electrons. The average molecular weight is 387 g/mol. The molecule has 1 fully saturated rings. The Hall–Kier alpha value is -2.67. The van der Waals surface area contributed by atoms with E-state index in [0.717, 1.165) is 24.0 Å². The number of hydrogen-bond donors (Lipinski definition) is 0. The van der Waals surface area contributed by atoms with E-state index in [0.29, 0.717) is 28.0 Å². The highest BCUT2D eigenvalue weighted by Crippen LogP contribution is 2.34. The summed E-state index contributed by atoms with van der Waals surface area (Å²) in [5.41, 5.74) is 1.63. The molecule has 0 amide bonds. The van der Waals surface area contributed by atoms with Gasteiger partial charge in [-0.15, -0.1) is 11.3 Å². The average Bonchev–Trinajstić information content (AvgIpc) is 3.44. The van der Waals surface area contributed by atoms with Crippen LogP contribution in [-0.2, 0) is 9.53 Å². The minimum Gasteiger partial charge on any atom is -0.493 e. The second kappa shape index (κ2) is 8.35.